The van der Waals surface area contributed by atoms with Gasteiger partial charge in [0.05, 0.1) is 22.4 Å². The number of nitrogens with zero attached hydrogens (tertiary/aromatic N) is 2. The van der Waals surface area contributed by atoms with Crippen molar-refractivity contribution >= 4 is 32.5 Å². The van der Waals surface area contributed by atoms with Crippen LogP contribution in [-0.4, -0.2) is 9.49 Å². The van der Waals surface area contributed by atoms with Crippen molar-refractivity contribution in [2.75, 3.05) is 0 Å². The van der Waals surface area contributed by atoms with Gasteiger partial charge in [-0.2, -0.15) is 0 Å². The minimum absolute atomic E-state index is 0.0564. The van der Waals surface area contributed by atoms with Crippen molar-refractivity contribution in [1.82, 2.24) is 4.57 Å². The Bertz CT molecular complexity index is 845. The summed E-state index contributed by atoms with van der Waals surface area (Å²) < 4.78 is 16.4. The normalized spacial score (nSPS) is 11.0. The lowest BCUT2D eigenvalue weighted by Gasteiger charge is -2.07. The van der Waals surface area contributed by atoms with E-state index in [1.165, 1.54) is 12.1 Å². The molecule has 4 nitrogen and oxygen atoms in total. The third kappa shape index (κ3) is 2.54. The second-order valence-electron chi connectivity index (χ2n) is 4.65. The average Bonchev–Trinajstić information content (AvgIpc) is 2.86. The van der Waals surface area contributed by atoms with Gasteiger partial charge in [0.15, 0.2) is 0 Å². The molecule has 0 amide bonds. The van der Waals surface area contributed by atoms with E-state index in [1.807, 2.05) is 0 Å². The number of nitro benzene ring substituents is 1. The molecule has 0 N–H and O–H groups in total. The standard InChI is InChI=1S/C15H10BrFN2O2/c16-11-4-5-13(17)10(8-11)9-18-7-6-12-14(18)2-1-3-15(12)19(20)21/h1-8H,9H2. The van der Waals surface area contributed by atoms with Gasteiger partial charge in [-0.05, 0) is 30.3 Å². The van der Waals surface area contributed by atoms with Crippen LogP contribution in [0.5, 0.6) is 0 Å². The maximum absolute atomic E-state index is 13.8. The monoisotopic (exact) mass is 348 g/mol. The largest absolute Gasteiger partial charge is 0.343 e. The van der Waals surface area contributed by atoms with E-state index in [0.717, 1.165) is 4.47 Å². The highest BCUT2D eigenvalue weighted by atomic mass is 79.9. The molecular formula is C15H10BrFN2O2. The predicted octanol–water partition coefficient (Wildman–Crippen LogP) is 4.50. The fourth-order valence-corrected chi connectivity index (χ4v) is 2.76. The number of fused-ring (bicyclic) bond motifs is 1. The summed E-state index contributed by atoms with van der Waals surface area (Å²) in [5, 5.41) is 11.6. The second kappa shape index (κ2) is 5.29. The predicted molar refractivity (Wildman–Crippen MR) is 81.8 cm³/mol. The van der Waals surface area contributed by atoms with Gasteiger partial charge in [0.25, 0.3) is 5.69 Å². The molecule has 0 spiro atoms. The van der Waals surface area contributed by atoms with E-state index in [9.17, 15) is 14.5 Å². The zero-order chi connectivity index (χ0) is 15.0. The number of hydrogen-bond donors (Lipinski definition) is 0. The van der Waals surface area contributed by atoms with Gasteiger partial charge in [-0.1, -0.05) is 22.0 Å². The molecule has 2 aromatic carbocycles. The molecule has 0 bridgehead atoms. The van der Waals surface area contributed by atoms with Crippen LogP contribution in [0.25, 0.3) is 10.9 Å². The molecule has 0 unspecified atom stereocenters. The van der Waals surface area contributed by atoms with Crippen LogP contribution in [-0.2, 0) is 6.54 Å². The molecule has 0 aliphatic rings. The number of nitro groups is 1. The number of aromatic nitrogens is 1. The minimum Gasteiger partial charge on any atom is -0.343 e. The van der Waals surface area contributed by atoms with Crippen molar-refractivity contribution in [3.8, 4) is 0 Å². The Kier molecular flexibility index (Phi) is 3.47. The highest BCUT2D eigenvalue weighted by Crippen LogP contribution is 2.27. The minimum atomic E-state index is -0.410. The lowest BCUT2D eigenvalue weighted by molar-refractivity contribution is -0.383. The van der Waals surface area contributed by atoms with Crippen LogP contribution >= 0.6 is 15.9 Å². The van der Waals surface area contributed by atoms with Gasteiger partial charge < -0.3 is 4.57 Å². The molecular weight excluding hydrogens is 339 g/mol. The van der Waals surface area contributed by atoms with Gasteiger partial charge in [-0.25, -0.2) is 4.39 Å². The summed E-state index contributed by atoms with van der Waals surface area (Å²) in [4.78, 5) is 10.6. The summed E-state index contributed by atoms with van der Waals surface area (Å²) in [6, 6.07) is 11.3. The van der Waals surface area contributed by atoms with E-state index >= 15 is 0 Å². The van der Waals surface area contributed by atoms with E-state index in [0.29, 0.717) is 23.0 Å². The molecule has 3 aromatic rings. The molecule has 3 rings (SSSR count). The summed E-state index contributed by atoms with van der Waals surface area (Å²) in [5.74, 6) is -0.300. The first-order valence-electron chi connectivity index (χ1n) is 6.22. The Hall–Kier alpha value is -2.21. The summed E-state index contributed by atoms with van der Waals surface area (Å²) in [5.41, 5.74) is 1.29. The van der Waals surface area contributed by atoms with E-state index in [-0.39, 0.29) is 11.5 Å². The molecule has 0 atom stereocenters. The topological polar surface area (TPSA) is 48.1 Å². The third-order valence-corrected chi connectivity index (χ3v) is 3.83. The van der Waals surface area contributed by atoms with Crippen molar-refractivity contribution in [3.63, 3.8) is 0 Å². The van der Waals surface area contributed by atoms with Gasteiger partial charge in [0.1, 0.15) is 5.82 Å². The lowest BCUT2D eigenvalue weighted by Crippen LogP contribution is -2.00. The number of non-ortho nitro benzene ring substituents is 1. The van der Waals surface area contributed by atoms with Gasteiger partial charge in [-0.15, -0.1) is 0 Å². The third-order valence-electron chi connectivity index (χ3n) is 3.34. The maximum atomic E-state index is 13.8. The SMILES string of the molecule is O=[N+]([O-])c1cccc2c1ccn2Cc1cc(Br)ccc1F. The smallest absolute Gasteiger partial charge is 0.278 e. The zero-order valence-corrected chi connectivity index (χ0v) is 12.4. The van der Waals surface area contributed by atoms with Crippen molar-refractivity contribution in [2.45, 2.75) is 6.54 Å². The first-order chi connectivity index (χ1) is 10.1. The van der Waals surface area contributed by atoms with Crippen molar-refractivity contribution in [1.29, 1.82) is 0 Å². The van der Waals surface area contributed by atoms with Crippen molar-refractivity contribution < 1.29 is 9.31 Å². The van der Waals surface area contributed by atoms with Gasteiger partial charge >= 0.3 is 0 Å². The molecule has 0 saturated heterocycles. The number of rotatable bonds is 3. The molecule has 106 valence electrons. The molecule has 0 radical (unpaired) electrons. The van der Waals surface area contributed by atoms with Crippen LogP contribution in [0.1, 0.15) is 5.56 Å². The highest BCUT2D eigenvalue weighted by Gasteiger charge is 2.14. The van der Waals surface area contributed by atoms with E-state index < -0.39 is 4.92 Å². The van der Waals surface area contributed by atoms with Crippen LogP contribution < -0.4 is 0 Å². The number of halogens is 2. The van der Waals surface area contributed by atoms with Crippen LogP contribution in [0.4, 0.5) is 10.1 Å². The Balaban J connectivity index is 2.08. The molecule has 0 aliphatic carbocycles. The Morgan fingerprint density at radius 1 is 1.24 bits per heavy atom. The first kappa shape index (κ1) is 13.8. The van der Waals surface area contributed by atoms with E-state index in [4.69, 9.17) is 0 Å². The van der Waals surface area contributed by atoms with Crippen LogP contribution in [0.15, 0.2) is 53.1 Å². The summed E-state index contributed by atoms with van der Waals surface area (Å²) >= 11 is 3.32. The van der Waals surface area contributed by atoms with Crippen LogP contribution in [0.3, 0.4) is 0 Å². The molecule has 1 heterocycles. The summed E-state index contributed by atoms with van der Waals surface area (Å²) in [6.07, 6.45) is 1.73. The fourth-order valence-electron chi connectivity index (χ4n) is 2.35. The lowest BCUT2D eigenvalue weighted by atomic mass is 10.2. The molecule has 0 saturated carbocycles. The van der Waals surface area contributed by atoms with E-state index in [1.54, 1.807) is 41.1 Å². The quantitative estimate of drug-likeness (QED) is 0.516. The maximum Gasteiger partial charge on any atom is 0.278 e. The Labute approximate surface area is 128 Å². The van der Waals surface area contributed by atoms with Crippen LogP contribution in [0.2, 0.25) is 0 Å². The zero-order valence-electron chi connectivity index (χ0n) is 10.8. The Morgan fingerprint density at radius 3 is 2.81 bits per heavy atom. The summed E-state index contributed by atoms with van der Waals surface area (Å²) in [7, 11) is 0. The van der Waals surface area contributed by atoms with Gasteiger partial charge in [0, 0.05) is 22.3 Å². The van der Waals surface area contributed by atoms with Crippen molar-refractivity contribution in [2.24, 2.45) is 0 Å². The molecule has 6 heteroatoms. The molecule has 0 fully saturated rings. The first-order valence-corrected chi connectivity index (χ1v) is 7.02. The number of hydrogen-bond acceptors (Lipinski definition) is 2. The fraction of sp³-hybridized carbons (Fsp3) is 0.0667. The van der Waals surface area contributed by atoms with E-state index in [2.05, 4.69) is 15.9 Å². The van der Waals surface area contributed by atoms with Crippen molar-refractivity contribution in [3.05, 3.63) is 74.6 Å². The Morgan fingerprint density at radius 2 is 2.05 bits per heavy atom. The molecule has 21 heavy (non-hydrogen) atoms. The number of benzene rings is 2. The second-order valence-corrected chi connectivity index (χ2v) is 5.56. The molecule has 1 aromatic heterocycles. The van der Waals surface area contributed by atoms with Crippen LogP contribution in [0, 0.1) is 15.9 Å². The van der Waals surface area contributed by atoms with Gasteiger partial charge in [0.2, 0.25) is 0 Å². The molecule has 0 aliphatic heterocycles. The highest BCUT2D eigenvalue weighted by molar-refractivity contribution is 9.10. The van der Waals surface area contributed by atoms with Gasteiger partial charge in [-0.3, -0.25) is 10.1 Å². The average molecular weight is 349 g/mol. The summed E-state index contributed by atoms with van der Waals surface area (Å²) in [6.45, 7) is 0.315.